The van der Waals surface area contributed by atoms with E-state index in [0.29, 0.717) is 0 Å². The third-order valence-electron chi connectivity index (χ3n) is 4.91. The van der Waals surface area contributed by atoms with Crippen LogP contribution in [-0.4, -0.2) is 17.2 Å². The third kappa shape index (κ3) is 3.99. The molecule has 1 aliphatic heterocycles. The molecular formula is C20H25BrN2OS. The first-order chi connectivity index (χ1) is 12.1. The van der Waals surface area contributed by atoms with Crippen molar-refractivity contribution in [3.63, 3.8) is 0 Å². The second-order valence-corrected chi connectivity index (χ2v) is 8.34. The summed E-state index contributed by atoms with van der Waals surface area (Å²) in [5.74, 6) is 0.276. The van der Waals surface area contributed by atoms with Crippen LogP contribution in [0.1, 0.15) is 39.5 Å². The average Bonchev–Trinajstić information content (AvgIpc) is 2.79. The highest BCUT2D eigenvalue weighted by Gasteiger charge is 2.35. The molecule has 3 rings (SSSR count). The number of phenolic OH excluding ortho intramolecular Hbond substituents is 1. The molecule has 0 fully saturated rings. The third-order valence-corrected chi connectivity index (χ3v) is 6.63. The van der Waals surface area contributed by atoms with Crippen LogP contribution in [0.3, 0.4) is 0 Å². The van der Waals surface area contributed by atoms with Gasteiger partial charge in [0, 0.05) is 17.8 Å². The van der Waals surface area contributed by atoms with Gasteiger partial charge in [-0.25, -0.2) is 0 Å². The van der Waals surface area contributed by atoms with Crippen LogP contribution in [0.15, 0.2) is 51.8 Å². The van der Waals surface area contributed by atoms with Crippen molar-refractivity contribution in [3.05, 3.63) is 46.9 Å². The highest BCUT2D eigenvalue weighted by atomic mass is 79.9. The summed E-state index contributed by atoms with van der Waals surface area (Å²) in [6.07, 6.45) is 4.59. The topological polar surface area (TPSA) is 35.5 Å². The molecule has 5 heteroatoms. The summed E-state index contributed by atoms with van der Waals surface area (Å²) < 4.78 is 4.46. The van der Waals surface area contributed by atoms with E-state index in [9.17, 15) is 5.11 Å². The molecule has 3 nitrogen and oxygen atoms in total. The van der Waals surface area contributed by atoms with Crippen molar-refractivity contribution in [2.45, 2.75) is 50.0 Å². The molecule has 0 saturated carbocycles. The van der Waals surface area contributed by atoms with Crippen LogP contribution in [0.4, 0.5) is 11.4 Å². The minimum Gasteiger partial charge on any atom is -0.507 e. The number of unbranched alkanes of at least 4 members (excludes halogenated alkanes) is 1. The van der Waals surface area contributed by atoms with Gasteiger partial charge in [0.05, 0.1) is 15.1 Å². The molecule has 0 bridgehead atoms. The molecule has 2 N–H and O–H groups in total. The summed E-state index contributed by atoms with van der Waals surface area (Å²) in [7, 11) is 0. The Hall–Kier alpha value is -1.17. The van der Waals surface area contributed by atoms with Crippen LogP contribution in [0.2, 0.25) is 0 Å². The normalized spacial score (nSPS) is 20.2. The predicted molar refractivity (Wildman–Crippen MR) is 111 cm³/mol. The Balaban J connectivity index is 2.08. The van der Waals surface area contributed by atoms with E-state index in [4.69, 9.17) is 0 Å². The predicted octanol–water partition coefficient (Wildman–Crippen LogP) is 6.24. The maximum atomic E-state index is 10.1. The van der Waals surface area contributed by atoms with Gasteiger partial charge in [-0.3, -0.25) is 4.72 Å². The zero-order valence-electron chi connectivity index (χ0n) is 14.8. The Morgan fingerprint density at radius 2 is 2.00 bits per heavy atom. The smallest absolute Gasteiger partial charge is 0.131 e. The summed E-state index contributed by atoms with van der Waals surface area (Å²) in [4.78, 5) is 3.43. The number of fused-ring (bicyclic) bond motifs is 1. The highest BCUT2D eigenvalue weighted by molar-refractivity contribution is 9.10. The first-order valence-electron chi connectivity index (χ1n) is 8.87. The van der Waals surface area contributed by atoms with Crippen molar-refractivity contribution in [3.8, 4) is 5.75 Å². The Kier molecular flexibility index (Phi) is 5.97. The lowest BCUT2D eigenvalue weighted by molar-refractivity contribution is 0.351. The lowest BCUT2D eigenvalue weighted by Gasteiger charge is -2.37. The first-order valence-corrected chi connectivity index (χ1v) is 10.5. The summed E-state index contributed by atoms with van der Waals surface area (Å²) in [6, 6.07) is 14.4. The van der Waals surface area contributed by atoms with Crippen LogP contribution in [0.5, 0.6) is 5.75 Å². The van der Waals surface area contributed by atoms with Gasteiger partial charge in [0.15, 0.2) is 0 Å². The molecule has 0 aromatic heterocycles. The lowest BCUT2D eigenvalue weighted by atomic mass is 9.90. The molecule has 134 valence electrons. The summed E-state index contributed by atoms with van der Waals surface area (Å²) in [5, 5.41) is 10.1. The maximum Gasteiger partial charge on any atom is 0.131 e. The Morgan fingerprint density at radius 1 is 1.24 bits per heavy atom. The SMILES string of the molecule is CCCC[C@@]1(CC)CN(c2ccccc2)c2cc(Br)c(O)cc2SN1. The number of rotatable bonds is 5. The molecule has 0 saturated heterocycles. The Labute approximate surface area is 163 Å². The van der Waals surface area contributed by atoms with Crippen LogP contribution < -0.4 is 9.62 Å². The van der Waals surface area contributed by atoms with E-state index in [2.05, 4.69) is 63.7 Å². The van der Waals surface area contributed by atoms with Gasteiger partial charge in [-0.1, -0.05) is 44.9 Å². The number of benzene rings is 2. The second-order valence-electron chi connectivity index (χ2n) is 6.63. The molecule has 1 heterocycles. The number of nitrogens with zero attached hydrogens (tertiary/aromatic N) is 1. The summed E-state index contributed by atoms with van der Waals surface area (Å²) in [6.45, 7) is 5.41. The van der Waals surface area contributed by atoms with Crippen molar-refractivity contribution in [2.24, 2.45) is 0 Å². The fraction of sp³-hybridized carbons (Fsp3) is 0.400. The van der Waals surface area contributed by atoms with E-state index in [1.807, 2.05) is 18.2 Å². The Bertz CT molecular complexity index is 725. The molecule has 0 aliphatic carbocycles. The van der Waals surface area contributed by atoms with Gasteiger partial charge in [0.1, 0.15) is 5.75 Å². The molecule has 0 amide bonds. The minimum absolute atomic E-state index is 0.0393. The van der Waals surface area contributed by atoms with Gasteiger partial charge < -0.3 is 10.0 Å². The lowest BCUT2D eigenvalue weighted by Crippen LogP contribution is -2.48. The number of nitrogens with one attached hydrogen (secondary N) is 1. The van der Waals surface area contributed by atoms with E-state index in [-0.39, 0.29) is 11.3 Å². The molecule has 0 radical (unpaired) electrons. The van der Waals surface area contributed by atoms with Gasteiger partial charge in [0.25, 0.3) is 0 Å². The summed E-state index contributed by atoms with van der Waals surface area (Å²) in [5.41, 5.74) is 2.35. The number of halogens is 1. The van der Waals surface area contributed by atoms with Crippen LogP contribution >= 0.6 is 27.9 Å². The molecule has 1 atom stereocenters. The van der Waals surface area contributed by atoms with E-state index in [1.54, 1.807) is 11.9 Å². The average molecular weight is 421 g/mol. The van der Waals surface area contributed by atoms with Crippen LogP contribution in [-0.2, 0) is 0 Å². The van der Waals surface area contributed by atoms with Gasteiger partial charge in [-0.2, -0.15) is 0 Å². The van der Waals surface area contributed by atoms with E-state index in [1.165, 1.54) is 18.5 Å². The van der Waals surface area contributed by atoms with Gasteiger partial charge in [0.2, 0.25) is 0 Å². The second kappa shape index (κ2) is 8.02. The Morgan fingerprint density at radius 3 is 2.68 bits per heavy atom. The van der Waals surface area contributed by atoms with Crippen LogP contribution in [0.25, 0.3) is 0 Å². The molecule has 2 aromatic rings. The molecule has 25 heavy (non-hydrogen) atoms. The highest BCUT2D eigenvalue weighted by Crippen LogP contribution is 2.44. The number of phenols is 1. The number of hydrogen-bond acceptors (Lipinski definition) is 4. The minimum atomic E-state index is 0.0393. The number of aromatic hydroxyl groups is 1. The van der Waals surface area contributed by atoms with Crippen molar-refractivity contribution in [2.75, 3.05) is 11.4 Å². The number of para-hydroxylation sites is 1. The fourth-order valence-electron chi connectivity index (χ4n) is 3.25. The largest absolute Gasteiger partial charge is 0.507 e. The van der Waals surface area contributed by atoms with Crippen molar-refractivity contribution < 1.29 is 5.11 Å². The van der Waals surface area contributed by atoms with Crippen molar-refractivity contribution in [1.82, 2.24) is 4.72 Å². The first kappa shape index (κ1) is 18.6. The van der Waals surface area contributed by atoms with Gasteiger partial charge in [-0.15, -0.1) is 0 Å². The number of hydrogen-bond donors (Lipinski definition) is 2. The molecule has 0 spiro atoms. The quantitative estimate of drug-likeness (QED) is 0.560. The van der Waals surface area contributed by atoms with Crippen LogP contribution in [0, 0.1) is 0 Å². The zero-order valence-corrected chi connectivity index (χ0v) is 17.2. The molecule has 1 aliphatic rings. The maximum absolute atomic E-state index is 10.1. The molecule has 0 unspecified atom stereocenters. The standard InChI is InChI=1S/C20H25BrN2OS/c1-3-5-11-20(4-2)14-23(15-9-7-6-8-10-15)17-12-16(21)18(24)13-19(17)25-22-20/h6-10,12-13,22,24H,3-5,11,14H2,1-2H3/t20-/m0/s1. The zero-order chi connectivity index (χ0) is 17.9. The summed E-state index contributed by atoms with van der Waals surface area (Å²) >= 11 is 5.12. The van der Waals surface area contributed by atoms with E-state index < -0.39 is 0 Å². The number of anilines is 2. The fourth-order valence-corrected chi connectivity index (χ4v) is 4.67. The monoisotopic (exact) mass is 420 g/mol. The van der Waals surface area contributed by atoms with E-state index >= 15 is 0 Å². The van der Waals surface area contributed by atoms with E-state index in [0.717, 1.165) is 34.4 Å². The van der Waals surface area contributed by atoms with Gasteiger partial charge in [-0.05, 0) is 65.0 Å². The van der Waals surface area contributed by atoms with Gasteiger partial charge >= 0.3 is 0 Å². The molecule has 2 aromatic carbocycles. The van der Waals surface area contributed by atoms with Crippen molar-refractivity contribution >= 4 is 39.3 Å². The molecular weight excluding hydrogens is 396 g/mol. The van der Waals surface area contributed by atoms with Crippen molar-refractivity contribution in [1.29, 1.82) is 0 Å².